The van der Waals surface area contributed by atoms with Gasteiger partial charge in [-0.25, -0.2) is 0 Å². The van der Waals surface area contributed by atoms with E-state index in [2.05, 4.69) is 44.1 Å². The van der Waals surface area contributed by atoms with Crippen molar-refractivity contribution in [2.45, 2.75) is 33.1 Å². The summed E-state index contributed by atoms with van der Waals surface area (Å²) in [5, 5.41) is 3.31. The van der Waals surface area contributed by atoms with Crippen molar-refractivity contribution >= 4 is 5.69 Å². The number of para-hydroxylation sites is 1. The van der Waals surface area contributed by atoms with Crippen LogP contribution in [0, 0.1) is 0 Å². The van der Waals surface area contributed by atoms with E-state index in [4.69, 9.17) is 0 Å². The van der Waals surface area contributed by atoms with E-state index in [0.29, 0.717) is 0 Å². The Morgan fingerprint density at radius 1 is 1.25 bits per heavy atom. The summed E-state index contributed by atoms with van der Waals surface area (Å²) in [7, 11) is 0. The van der Waals surface area contributed by atoms with Gasteiger partial charge in [0.25, 0.3) is 0 Å². The zero-order chi connectivity index (χ0) is 11.8. The molecule has 0 unspecified atom stereocenters. The Balaban J connectivity index is 2.63. The van der Waals surface area contributed by atoms with Gasteiger partial charge in [0.15, 0.2) is 0 Å². The molecule has 0 radical (unpaired) electrons. The zero-order valence-corrected chi connectivity index (χ0v) is 10.3. The SMILES string of the molecule is C=C(CCC)/C(=C\Nc1ccccc1)CC. The molecule has 0 aliphatic heterocycles. The first-order chi connectivity index (χ1) is 7.77. The van der Waals surface area contributed by atoms with E-state index in [1.807, 2.05) is 18.2 Å². The van der Waals surface area contributed by atoms with Crippen LogP contribution in [0.3, 0.4) is 0 Å². The summed E-state index contributed by atoms with van der Waals surface area (Å²) in [6.45, 7) is 8.47. The average Bonchev–Trinajstić information content (AvgIpc) is 2.31. The highest BCUT2D eigenvalue weighted by Gasteiger charge is 1.99. The second-order valence-corrected chi connectivity index (χ2v) is 3.89. The van der Waals surface area contributed by atoms with E-state index in [1.165, 1.54) is 11.1 Å². The topological polar surface area (TPSA) is 12.0 Å². The van der Waals surface area contributed by atoms with E-state index in [1.54, 1.807) is 0 Å². The van der Waals surface area contributed by atoms with Crippen LogP contribution in [0.1, 0.15) is 33.1 Å². The van der Waals surface area contributed by atoms with Crippen LogP contribution in [-0.2, 0) is 0 Å². The van der Waals surface area contributed by atoms with Gasteiger partial charge in [-0.05, 0) is 30.5 Å². The van der Waals surface area contributed by atoms with Crippen LogP contribution in [0.4, 0.5) is 5.69 Å². The predicted octanol–water partition coefficient (Wildman–Crippen LogP) is 4.75. The zero-order valence-electron chi connectivity index (χ0n) is 10.3. The number of benzene rings is 1. The molecule has 0 aromatic heterocycles. The van der Waals surface area contributed by atoms with Crippen LogP contribution in [0.5, 0.6) is 0 Å². The van der Waals surface area contributed by atoms with E-state index in [0.717, 1.165) is 24.9 Å². The van der Waals surface area contributed by atoms with Gasteiger partial charge in [-0.3, -0.25) is 0 Å². The van der Waals surface area contributed by atoms with Crippen molar-refractivity contribution in [3.8, 4) is 0 Å². The molecule has 1 aromatic carbocycles. The summed E-state index contributed by atoms with van der Waals surface area (Å²) in [5.74, 6) is 0. The molecule has 0 saturated carbocycles. The lowest BCUT2D eigenvalue weighted by molar-refractivity contribution is 0.897. The molecule has 16 heavy (non-hydrogen) atoms. The molecular weight excluding hydrogens is 194 g/mol. The van der Waals surface area contributed by atoms with E-state index in [9.17, 15) is 0 Å². The molecule has 0 amide bonds. The van der Waals surface area contributed by atoms with Gasteiger partial charge in [0.05, 0.1) is 0 Å². The summed E-state index contributed by atoms with van der Waals surface area (Å²) >= 11 is 0. The number of rotatable bonds is 6. The van der Waals surface area contributed by atoms with Crippen LogP contribution < -0.4 is 5.32 Å². The first-order valence-corrected chi connectivity index (χ1v) is 5.96. The third-order valence-corrected chi connectivity index (χ3v) is 2.57. The smallest absolute Gasteiger partial charge is 0.0379 e. The van der Waals surface area contributed by atoms with E-state index >= 15 is 0 Å². The number of hydrogen-bond donors (Lipinski definition) is 1. The maximum absolute atomic E-state index is 4.12. The second kappa shape index (κ2) is 6.89. The molecule has 1 nitrogen and oxygen atoms in total. The largest absolute Gasteiger partial charge is 0.361 e. The van der Waals surface area contributed by atoms with Crippen LogP contribution in [0.2, 0.25) is 0 Å². The summed E-state index contributed by atoms with van der Waals surface area (Å²) in [6.07, 6.45) is 5.34. The Bertz CT molecular complexity index is 349. The standard InChI is InChI=1S/C15H21N/c1-4-9-13(3)14(5-2)12-16-15-10-7-6-8-11-15/h6-8,10-12,16H,3-5,9H2,1-2H3/b14-12-. The minimum Gasteiger partial charge on any atom is -0.361 e. The Labute approximate surface area is 98.9 Å². The van der Waals surface area contributed by atoms with Crippen molar-refractivity contribution < 1.29 is 0 Å². The van der Waals surface area contributed by atoms with Gasteiger partial charge in [0, 0.05) is 11.9 Å². The molecule has 1 heteroatoms. The molecule has 0 bridgehead atoms. The van der Waals surface area contributed by atoms with Crippen molar-refractivity contribution in [3.63, 3.8) is 0 Å². The molecule has 1 rings (SSSR count). The Morgan fingerprint density at radius 2 is 1.94 bits per heavy atom. The predicted molar refractivity (Wildman–Crippen MR) is 72.5 cm³/mol. The van der Waals surface area contributed by atoms with Crippen molar-refractivity contribution in [3.05, 3.63) is 54.3 Å². The Hall–Kier alpha value is -1.50. The highest BCUT2D eigenvalue weighted by atomic mass is 14.8. The highest BCUT2D eigenvalue weighted by Crippen LogP contribution is 2.17. The minimum absolute atomic E-state index is 1.03. The van der Waals surface area contributed by atoms with Crippen LogP contribution >= 0.6 is 0 Å². The molecule has 0 fully saturated rings. The fourth-order valence-electron chi connectivity index (χ4n) is 1.62. The summed E-state index contributed by atoms with van der Waals surface area (Å²) in [5.41, 5.74) is 3.68. The number of nitrogens with one attached hydrogen (secondary N) is 1. The minimum atomic E-state index is 1.03. The molecule has 0 atom stereocenters. The summed E-state index contributed by atoms with van der Waals surface area (Å²) < 4.78 is 0. The number of hydrogen-bond acceptors (Lipinski definition) is 1. The van der Waals surface area contributed by atoms with Gasteiger partial charge >= 0.3 is 0 Å². The summed E-state index contributed by atoms with van der Waals surface area (Å²) in [6, 6.07) is 10.2. The van der Waals surface area contributed by atoms with Gasteiger partial charge < -0.3 is 5.32 Å². The molecule has 0 saturated heterocycles. The molecule has 1 N–H and O–H groups in total. The average molecular weight is 215 g/mol. The first-order valence-electron chi connectivity index (χ1n) is 5.96. The van der Waals surface area contributed by atoms with Crippen molar-refractivity contribution in [1.82, 2.24) is 0 Å². The van der Waals surface area contributed by atoms with Crippen LogP contribution in [-0.4, -0.2) is 0 Å². The monoisotopic (exact) mass is 215 g/mol. The number of anilines is 1. The lowest BCUT2D eigenvalue weighted by Gasteiger charge is -2.09. The normalized spacial score (nSPS) is 11.2. The summed E-state index contributed by atoms with van der Waals surface area (Å²) in [4.78, 5) is 0. The lowest BCUT2D eigenvalue weighted by Crippen LogP contribution is -1.94. The van der Waals surface area contributed by atoms with Crippen molar-refractivity contribution in [2.24, 2.45) is 0 Å². The fourth-order valence-corrected chi connectivity index (χ4v) is 1.62. The molecular formula is C15H21N. The quantitative estimate of drug-likeness (QED) is 0.675. The Kier molecular flexibility index (Phi) is 5.41. The third-order valence-electron chi connectivity index (χ3n) is 2.57. The number of allylic oxidation sites excluding steroid dienone is 2. The van der Waals surface area contributed by atoms with E-state index < -0.39 is 0 Å². The third kappa shape index (κ3) is 3.93. The lowest BCUT2D eigenvalue weighted by atomic mass is 10.0. The van der Waals surface area contributed by atoms with Gasteiger partial charge in [-0.2, -0.15) is 0 Å². The maximum atomic E-state index is 4.12. The molecule has 0 heterocycles. The van der Waals surface area contributed by atoms with Crippen molar-refractivity contribution in [2.75, 3.05) is 5.32 Å². The molecule has 1 aromatic rings. The Morgan fingerprint density at radius 3 is 2.50 bits per heavy atom. The van der Waals surface area contributed by atoms with Crippen molar-refractivity contribution in [1.29, 1.82) is 0 Å². The molecule has 0 spiro atoms. The second-order valence-electron chi connectivity index (χ2n) is 3.89. The first kappa shape index (κ1) is 12.6. The highest BCUT2D eigenvalue weighted by molar-refractivity contribution is 5.47. The van der Waals surface area contributed by atoms with Crippen LogP contribution in [0.25, 0.3) is 0 Å². The van der Waals surface area contributed by atoms with Crippen LogP contribution in [0.15, 0.2) is 54.3 Å². The molecule has 0 aliphatic rings. The molecule has 86 valence electrons. The van der Waals surface area contributed by atoms with Gasteiger partial charge in [-0.1, -0.05) is 50.6 Å². The van der Waals surface area contributed by atoms with Gasteiger partial charge in [-0.15, -0.1) is 0 Å². The van der Waals surface area contributed by atoms with E-state index in [-0.39, 0.29) is 0 Å². The van der Waals surface area contributed by atoms with Gasteiger partial charge in [0.2, 0.25) is 0 Å². The fraction of sp³-hybridized carbons (Fsp3) is 0.333. The maximum Gasteiger partial charge on any atom is 0.0379 e. The molecule has 0 aliphatic carbocycles. The van der Waals surface area contributed by atoms with Gasteiger partial charge in [0.1, 0.15) is 0 Å².